The second-order valence-corrected chi connectivity index (χ2v) is 5.09. The highest BCUT2D eigenvalue weighted by Crippen LogP contribution is 1.97. The molecule has 0 aromatic carbocycles. The summed E-state index contributed by atoms with van der Waals surface area (Å²) in [5.41, 5.74) is 2.20. The van der Waals surface area contributed by atoms with Crippen LogP contribution in [-0.2, 0) is 22.4 Å². The first kappa shape index (κ1) is 16.6. The van der Waals surface area contributed by atoms with Gasteiger partial charge < -0.3 is 10.6 Å². The van der Waals surface area contributed by atoms with Crippen molar-refractivity contribution < 1.29 is 9.59 Å². The highest BCUT2D eigenvalue weighted by molar-refractivity contribution is 5.96. The molecule has 2 aromatic heterocycles. The van der Waals surface area contributed by atoms with Crippen molar-refractivity contribution in [2.75, 3.05) is 13.1 Å². The van der Waals surface area contributed by atoms with Gasteiger partial charge in [-0.25, -0.2) is 0 Å². The summed E-state index contributed by atoms with van der Waals surface area (Å²) >= 11 is 0. The number of nitrogens with one attached hydrogen (secondary N) is 2. The number of hydrogen-bond donors (Lipinski definition) is 2. The quantitative estimate of drug-likeness (QED) is 0.709. The van der Waals surface area contributed by atoms with Gasteiger partial charge in [-0.1, -0.05) is 0 Å². The predicted octanol–water partition coefficient (Wildman–Crippen LogP) is 0.884. The molecule has 6 nitrogen and oxygen atoms in total. The molecule has 2 N–H and O–H groups in total. The van der Waals surface area contributed by atoms with E-state index >= 15 is 0 Å². The molecule has 0 saturated carbocycles. The Morgan fingerprint density at radius 1 is 0.739 bits per heavy atom. The van der Waals surface area contributed by atoms with Crippen molar-refractivity contribution in [1.29, 1.82) is 0 Å². The van der Waals surface area contributed by atoms with E-state index < -0.39 is 0 Å². The van der Waals surface area contributed by atoms with Crippen LogP contribution in [0.1, 0.15) is 17.5 Å². The van der Waals surface area contributed by atoms with E-state index in [-0.39, 0.29) is 18.2 Å². The summed E-state index contributed by atoms with van der Waals surface area (Å²) in [7, 11) is 0. The number of aromatic nitrogens is 2. The van der Waals surface area contributed by atoms with Crippen LogP contribution in [0.15, 0.2) is 49.1 Å². The maximum Gasteiger partial charge on any atom is 0.229 e. The Kier molecular flexibility index (Phi) is 6.71. The van der Waals surface area contributed by atoms with Crippen molar-refractivity contribution in [3.05, 3.63) is 60.2 Å². The minimum absolute atomic E-state index is 0.146. The van der Waals surface area contributed by atoms with Crippen molar-refractivity contribution in [3.8, 4) is 0 Å². The Balaban J connectivity index is 1.58. The van der Waals surface area contributed by atoms with Gasteiger partial charge in [0, 0.05) is 37.9 Å². The number of rotatable bonds is 8. The summed E-state index contributed by atoms with van der Waals surface area (Å²) in [6.07, 6.45) is 8.16. The molecule has 0 atom stereocenters. The molecule has 23 heavy (non-hydrogen) atoms. The zero-order valence-electron chi connectivity index (χ0n) is 12.9. The second kappa shape index (κ2) is 9.30. The van der Waals surface area contributed by atoms with Gasteiger partial charge in [-0.2, -0.15) is 0 Å². The summed E-state index contributed by atoms with van der Waals surface area (Å²) in [4.78, 5) is 31.2. The molecular formula is C17H20N4O2. The Morgan fingerprint density at radius 2 is 1.13 bits per heavy atom. The van der Waals surface area contributed by atoms with E-state index in [0.29, 0.717) is 13.1 Å². The van der Waals surface area contributed by atoms with Gasteiger partial charge in [0.25, 0.3) is 0 Å². The van der Waals surface area contributed by atoms with Gasteiger partial charge in [-0.15, -0.1) is 0 Å². The van der Waals surface area contributed by atoms with Crippen LogP contribution in [0.2, 0.25) is 0 Å². The van der Waals surface area contributed by atoms with Crippen LogP contribution >= 0.6 is 0 Å². The zero-order valence-corrected chi connectivity index (χ0v) is 12.9. The van der Waals surface area contributed by atoms with Crippen LogP contribution in [0.4, 0.5) is 0 Å². The molecule has 0 bridgehead atoms. The molecule has 0 aliphatic carbocycles. The van der Waals surface area contributed by atoms with Gasteiger partial charge in [0.15, 0.2) is 0 Å². The van der Waals surface area contributed by atoms with Crippen LogP contribution in [0.25, 0.3) is 0 Å². The Morgan fingerprint density at radius 3 is 1.52 bits per heavy atom. The summed E-state index contributed by atoms with van der Waals surface area (Å²) in [6, 6.07) is 7.60. The molecule has 0 unspecified atom stereocenters. The fraction of sp³-hybridized carbons (Fsp3) is 0.294. The maximum absolute atomic E-state index is 11.7. The average Bonchev–Trinajstić information content (AvgIpc) is 2.57. The smallest absolute Gasteiger partial charge is 0.229 e. The lowest BCUT2D eigenvalue weighted by Gasteiger charge is -2.07. The van der Waals surface area contributed by atoms with E-state index in [1.165, 1.54) is 0 Å². The van der Waals surface area contributed by atoms with Crippen molar-refractivity contribution in [1.82, 2.24) is 20.6 Å². The molecule has 120 valence electrons. The molecule has 2 rings (SSSR count). The summed E-state index contributed by atoms with van der Waals surface area (Å²) in [5, 5.41) is 5.48. The first-order valence-corrected chi connectivity index (χ1v) is 7.55. The molecule has 0 aliphatic rings. The van der Waals surface area contributed by atoms with Crippen molar-refractivity contribution in [2.45, 2.75) is 19.3 Å². The molecule has 2 aromatic rings. The molecule has 0 fully saturated rings. The minimum atomic E-state index is -0.263. The molecule has 2 amide bonds. The van der Waals surface area contributed by atoms with Crippen LogP contribution in [0, 0.1) is 0 Å². The summed E-state index contributed by atoms with van der Waals surface area (Å²) in [6.45, 7) is 1.01. The molecule has 0 saturated heterocycles. The van der Waals surface area contributed by atoms with E-state index in [1.807, 2.05) is 24.3 Å². The van der Waals surface area contributed by atoms with Crippen LogP contribution in [0.5, 0.6) is 0 Å². The van der Waals surface area contributed by atoms with Gasteiger partial charge in [0.05, 0.1) is 0 Å². The summed E-state index contributed by atoms with van der Waals surface area (Å²) in [5.74, 6) is -0.527. The predicted molar refractivity (Wildman–Crippen MR) is 86.5 cm³/mol. The highest BCUT2D eigenvalue weighted by atomic mass is 16.2. The fourth-order valence-corrected chi connectivity index (χ4v) is 2.06. The Bertz CT molecular complexity index is 562. The molecule has 6 heteroatoms. The first-order chi connectivity index (χ1) is 11.2. The van der Waals surface area contributed by atoms with E-state index in [9.17, 15) is 9.59 Å². The largest absolute Gasteiger partial charge is 0.355 e. The number of carbonyl (C=O) groups is 2. The third-order valence-electron chi connectivity index (χ3n) is 3.29. The van der Waals surface area contributed by atoms with Crippen LogP contribution in [0.3, 0.4) is 0 Å². The molecule has 0 aliphatic heterocycles. The van der Waals surface area contributed by atoms with E-state index in [4.69, 9.17) is 0 Å². The first-order valence-electron chi connectivity index (χ1n) is 7.55. The number of nitrogens with zero attached hydrogens (tertiary/aromatic N) is 2. The third-order valence-corrected chi connectivity index (χ3v) is 3.29. The van der Waals surface area contributed by atoms with E-state index in [0.717, 1.165) is 24.0 Å². The van der Waals surface area contributed by atoms with Crippen LogP contribution < -0.4 is 10.6 Å². The zero-order chi connectivity index (χ0) is 16.3. The molecule has 0 spiro atoms. The average molecular weight is 312 g/mol. The topological polar surface area (TPSA) is 84.0 Å². The van der Waals surface area contributed by atoms with Crippen molar-refractivity contribution in [3.63, 3.8) is 0 Å². The van der Waals surface area contributed by atoms with E-state index in [1.54, 1.807) is 24.8 Å². The number of amides is 2. The number of pyridine rings is 2. The van der Waals surface area contributed by atoms with Gasteiger partial charge in [0.1, 0.15) is 6.42 Å². The third kappa shape index (κ3) is 6.69. The normalized spacial score (nSPS) is 10.1. The van der Waals surface area contributed by atoms with Crippen molar-refractivity contribution >= 4 is 11.8 Å². The van der Waals surface area contributed by atoms with Gasteiger partial charge >= 0.3 is 0 Å². The fourth-order valence-electron chi connectivity index (χ4n) is 2.06. The van der Waals surface area contributed by atoms with Crippen LogP contribution in [-0.4, -0.2) is 34.9 Å². The Hall–Kier alpha value is -2.76. The van der Waals surface area contributed by atoms with Gasteiger partial charge in [-0.3, -0.25) is 19.6 Å². The SMILES string of the molecule is O=C(CC(=O)NCCc1ccncc1)NCCc1ccncc1. The number of carbonyl (C=O) groups excluding carboxylic acids is 2. The lowest BCUT2D eigenvalue weighted by atomic mass is 10.2. The highest BCUT2D eigenvalue weighted by Gasteiger charge is 2.08. The molecule has 0 radical (unpaired) electrons. The van der Waals surface area contributed by atoms with Gasteiger partial charge in [0.2, 0.25) is 11.8 Å². The second-order valence-electron chi connectivity index (χ2n) is 5.09. The summed E-state index contributed by atoms with van der Waals surface area (Å²) < 4.78 is 0. The standard InChI is InChI=1S/C17H20N4O2/c22-16(20-11-5-14-1-7-18-8-2-14)13-17(23)21-12-6-15-3-9-19-10-4-15/h1-4,7-10H,5-6,11-13H2,(H,20,22)(H,21,23). The number of hydrogen-bond acceptors (Lipinski definition) is 4. The van der Waals surface area contributed by atoms with E-state index in [2.05, 4.69) is 20.6 Å². The molecular weight excluding hydrogens is 292 g/mol. The maximum atomic E-state index is 11.7. The van der Waals surface area contributed by atoms with Gasteiger partial charge in [-0.05, 0) is 48.2 Å². The molecule has 2 heterocycles. The lowest BCUT2D eigenvalue weighted by Crippen LogP contribution is -2.33. The van der Waals surface area contributed by atoms with Crippen molar-refractivity contribution in [2.24, 2.45) is 0 Å². The lowest BCUT2D eigenvalue weighted by molar-refractivity contribution is -0.129. The Labute approximate surface area is 135 Å². The minimum Gasteiger partial charge on any atom is -0.355 e. The monoisotopic (exact) mass is 312 g/mol.